The van der Waals surface area contributed by atoms with E-state index in [1.54, 1.807) is 5.57 Å². The summed E-state index contributed by atoms with van der Waals surface area (Å²) in [6, 6.07) is 20.5. The Bertz CT molecular complexity index is 1440. The van der Waals surface area contributed by atoms with Crippen LogP contribution in [0.1, 0.15) is 63.1 Å². The Hall–Kier alpha value is -3.99. The van der Waals surface area contributed by atoms with Gasteiger partial charge in [0.05, 0.1) is 5.41 Å². The number of ether oxygens (including phenoxy) is 2. The zero-order valence-electron chi connectivity index (χ0n) is 22.6. The summed E-state index contributed by atoms with van der Waals surface area (Å²) in [6.07, 6.45) is 10.3. The lowest BCUT2D eigenvalue weighted by Gasteiger charge is -2.18. The Balaban J connectivity index is 0.00000323. The summed E-state index contributed by atoms with van der Waals surface area (Å²) in [5.74, 6) is 1.48. The van der Waals surface area contributed by atoms with Crippen molar-refractivity contribution in [2.24, 2.45) is 0 Å². The van der Waals surface area contributed by atoms with Crippen molar-refractivity contribution in [2.75, 3.05) is 18.7 Å². The zero-order chi connectivity index (χ0) is 26.8. The van der Waals surface area contributed by atoms with Crippen molar-refractivity contribution >= 4 is 17.3 Å². The maximum absolute atomic E-state index is 13.4. The topological polar surface area (TPSA) is 59.6 Å². The number of carbonyl (C=O) groups excluding carboxylic acids is 1. The molecule has 1 saturated carbocycles. The lowest BCUT2D eigenvalue weighted by atomic mass is 9.94. The third-order valence-electron chi connectivity index (χ3n) is 8.32. The molecule has 5 heteroatoms. The zero-order valence-corrected chi connectivity index (χ0v) is 22.6. The number of nitrogens with one attached hydrogen (secondary N) is 2. The van der Waals surface area contributed by atoms with Crippen LogP contribution in [0.4, 0.5) is 5.69 Å². The molecule has 1 heterocycles. The van der Waals surface area contributed by atoms with Crippen molar-refractivity contribution < 1.29 is 15.7 Å². The number of hydrogen-bond acceptors (Lipinski definition) is 4. The third-order valence-corrected chi connectivity index (χ3v) is 8.32. The van der Waals surface area contributed by atoms with Gasteiger partial charge in [-0.3, -0.25) is 4.79 Å². The Morgan fingerprint density at radius 3 is 2.59 bits per heavy atom. The molecule has 3 aromatic carbocycles. The molecule has 3 aliphatic rings. The monoisotopic (exact) mass is 522 g/mol. The highest BCUT2D eigenvalue weighted by Crippen LogP contribution is 2.51. The van der Waals surface area contributed by atoms with Gasteiger partial charge in [0.25, 0.3) is 0 Å². The number of amides is 1. The SMILES string of the molecule is C=C(NCCC1=CCCCC1)c1ccc(-c2cc(NC(=O)C3(c4ccc5c(c4)OCO5)CC3)ccc2C)cc1.[HH]. The first kappa shape index (κ1) is 25.3. The van der Waals surface area contributed by atoms with Crippen LogP contribution in [0.5, 0.6) is 11.5 Å². The van der Waals surface area contributed by atoms with Crippen LogP contribution in [0.3, 0.4) is 0 Å². The van der Waals surface area contributed by atoms with Crippen LogP contribution in [0, 0.1) is 6.92 Å². The van der Waals surface area contributed by atoms with Crippen LogP contribution in [0.15, 0.2) is 78.9 Å². The largest absolute Gasteiger partial charge is 0.454 e. The number of aryl methyl sites for hydroxylation is 1. The number of allylic oxidation sites excluding steroid dienone is 1. The van der Waals surface area contributed by atoms with Crippen molar-refractivity contribution in [1.29, 1.82) is 0 Å². The van der Waals surface area contributed by atoms with Gasteiger partial charge < -0.3 is 20.1 Å². The quantitative estimate of drug-likeness (QED) is 0.282. The van der Waals surface area contributed by atoms with E-state index in [1.165, 1.54) is 25.7 Å². The summed E-state index contributed by atoms with van der Waals surface area (Å²) < 4.78 is 11.0. The fourth-order valence-electron chi connectivity index (χ4n) is 5.69. The first-order valence-electron chi connectivity index (χ1n) is 14.1. The minimum atomic E-state index is -0.505. The molecular weight excluding hydrogens is 484 g/mol. The molecule has 2 N–H and O–H groups in total. The van der Waals surface area contributed by atoms with Crippen molar-refractivity contribution in [2.45, 2.75) is 57.3 Å². The molecule has 1 fully saturated rings. The highest BCUT2D eigenvalue weighted by Gasteiger charge is 2.51. The first-order valence-corrected chi connectivity index (χ1v) is 14.1. The molecule has 0 atom stereocenters. The van der Waals surface area contributed by atoms with Crippen LogP contribution in [0.2, 0.25) is 0 Å². The van der Waals surface area contributed by atoms with Crippen LogP contribution < -0.4 is 20.1 Å². The molecule has 1 aliphatic heterocycles. The van der Waals surface area contributed by atoms with Gasteiger partial charge in [-0.1, -0.05) is 54.6 Å². The molecule has 0 radical (unpaired) electrons. The molecule has 3 aromatic rings. The van der Waals surface area contributed by atoms with E-state index in [1.807, 2.05) is 24.3 Å². The van der Waals surface area contributed by atoms with E-state index in [0.29, 0.717) is 5.75 Å². The van der Waals surface area contributed by atoms with Gasteiger partial charge in [0.2, 0.25) is 12.7 Å². The fourth-order valence-corrected chi connectivity index (χ4v) is 5.69. The Labute approximate surface area is 232 Å². The fraction of sp³-hybridized carbons (Fsp3) is 0.324. The number of hydrogen-bond donors (Lipinski definition) is 2. The lowest BCUT2D eigenvalue weighted by Crippen LogP contribution is -2.27. The minimum Gasteiger partial charge on any atom is -0.454 e. The number of benzene rings is 3. The average molecular weight is 523 g/mol. The smallest absolute Gasteiger partial charge is 0.235 e. The maximum Gasteiger partial charge on any atom is 0.235 e. The standard InChI is InChI=1S/C34H36N2O3.H2/c1-23-8-14-29(36-33(37)34(17-18-34)28-13-15-31-32(20-28)39-22-38-31)21-30(23)27-11-9-26(10-12-27)24(2)35-19-16-25-6-4-3-5-7-25;/h6,8-15,20-21,35H,2-5,7,16-19,22H2,1H3,(H,36,37);1H. The number of fused-ring (bicyclic) bond motifs is 1. The second-order valence-corrected chi connectivity index (χ2v) is 11.0. The number of rotatable bonds is 9. The lowest BCUT2D eigenvalue weighted by molar-refractivity contribution is -0.118. The summed E-state index contributed by atoms with van der Waals surface area (Å²) in [4.78, 5) is 13.4. The maximum atomic E-state index is 13.4. The van der Waals surface area contributed by atoms with E-state index in [0.717, 1.165) is 70.8 Å². The second kappa shape index (κ2) is 10.6. The van der Waals surface area contributed by atoms with Crippen molar-refractivity contribution in [3.05, 3.63) is 95.6 Å². The van der Waals surface area contributed by atoms with Crippen LogP contribution in [-0.4, -0.2) is 19.2 Å². The van der Waals surface area contributed by atoms with Gasteiger partial charge in [-0.25, -0.2) is 0 Å². The molecule has 0 spiro atoms. The van der Waals surface area contributed by atoms with Gasteiger partial charge >= 0.3 is 0 Å². The van der Waals surface area contributed by atoms with Gasteiger partial charge in [-0.15, -0.1) is 0 Å². The Morgan fingerprint density at radius 2 is 1.82 bits per heavy atom. The van der Waals surface area contributed by atoms with Gasteiger partial charge in [-0.2, -0.15) is 0 Å². The highest BCUT2D eigenvalue weighted by atomic mass is 16.7. The predicted octanol–water partition coefficient (Wildman–Crippen LogP) is 7.76. The van der Waals surface area contributed by atoms with Gasteiger partial charge in [0.15, 0.2) is 11.5 Å². The average Bonchev–Trinajstić information content (AvgIpc) is 3.65. The molecule has 39 heavy (non-hydrogen) atoms. The van der Waals surface area contributed by atoms with E-state index < -0.39 is 5.41 Å². The summed E-state index contributed by atoms with van der Waals surface area (Å²) in [7, 11) is 0. The molecule has 0 saturated heterocycles. The molecule has 0 bridgehead atoms. The van der Waals surface area contributed by atoms with Crippen LogP contribution >= 0.6 is 0 Å². The molecular formula is C34H38N2O3. The van der Waals surface area contributed by atoms with Crippen LogP contribution in [0.25, 0.3) is 16.8 Å². The molecule has 6 rings (SSSR count). The van der Waals surface area contributed by atoms with E-state index in [4.69, 9.17) is 9.47 Å². The van der Waals surface area contributed by atoms with Gasteiger partial charge in [-0.05, 0) is 104 Å². The Morgan fingerprint density at radius 1 is 1.00 bits per heavy atom. The summed E-state index contributed by atoms with van der Waals surface area (Å²) >= 11 is 0. The second-order valence-electron chi connectivity index (χ2n) is 11.0. The summed E-state index contributed by atoms with van der Waals surface area (Å²) in [5.41, 5.74) is 8.29. The summed E-state index contributed by atoms with van der Waals surface area (Å²) in [6.45, 7) is 7.50. The third kappa shape index (κ3) is 5.31. The Kier molecular flexibility index (Phi) is 6.90. The summed E-state index contributed by atoms with van der Waals surface area (Å²) in [5, 5.41) is 6.69. The van der Waals surface area contributed by atoms with Gasteiger partial charge in [0.1, 0.15) is 0 Å². The van der Waals surface area contributed by atoms with Crippen molar-refractivity contribution in [3.8, 4) is 22.6 Å². The predicted molar refractivity (Wildman–Crippen MR) is 159 cm³/mol. The van der Waals surface area contributed by atoms with Crippen LogP contribution in [-0.2, 0) is 10.2 Å². The van der Waals surface area contributed by atoms with E-state index in [9.17, 15) is 4.79 Å². The number of carbonyl (C=O) groups is 1. The first-order chi connectivity index (χ1) is 19.0. The van der Waals surface area contributed by atoms with E-state index >= 15 is 0 Å². The molecule has 0 unspecified atom stereocenters. The number of anilines is 1. The van der Waals surface area contributed by atoms with Crippen molar-refractivity contribution in [1.82, 2.24) is 5.32 Å². The normalized spacial score (nSPS) is 16.8. The van der Waals surface area contributed by atoms with E-state index in [-0.39, 0.29) is 14.1 Å². The molecule has 0 aromatic heterocycles. The molecule has 202 valence electrons. The highest BCUT2D eigenvalue weighted by molar-refractivity contribution is 6.02. The van der Waals surface area contributed by atoms with E-state index in [2.05, 4.69) is 66.6 Å². The minimum absolute atomic E-state index is 0. The molecule has 5 nitrogen and oxygen atoms in total. The molecule has 1 amide bonds. The molecule has 2 aliphatic carbocycles. The van der Waals surface area contributed by atoms with Crippen molar-refractivity contribution in [3.63, 3.8) is 0 Å². The van der Waals surface area contributed by atoms with Gasteiger partial charge in [0, 0.05) is 19.4 Å².